The molecule has 0 atom stereocenters. The minimum atomic E-state index is -0.431. The molecule has 2 N–H and O–H groups in total. The van der Waals surface area contributed by atoms with Gasteiger partial charge in [-0.2, -0.15) is 5.10 Å². The normalized spacial score (nSPS) is 10.6. The predicted octanol–water partition coefficient (Wildman–Crippen LogP) is 1.74. The fourth-order valence-corrected chi connectivity index (χ4v) is 2.01. The van der Waals surface area contributed by atoms with E-state index in [9.17, 15) is 10.1 Å². The Morgan fingerprint density at radius 2 is 1.95 bits per heavy atom. The molecule has 1 heterocycles. The van der Waals surface area contributed by atoms with Crippen molar-refractivity contribution >= 4 is 11.5 Å². The fraction of sp³-hybridized carbons (Fsp3) is 0.308. The first-order valence-electron chi connectivity index (χ1n) is 6.13. The molecule has 20 heavy (non-hydrogen) atoms. The van der Waals surface area contributed by atoms with Gasteiger partial charge >= 0.3 is 5.69 Å². The molecular weight excluding hydrogens is 260 g/mol. The van der Waals surface area contributed by atoms with Gasteiger partial charge in [-0.3, -0.25) is 10.1 Å². The number of aliphatic hydroxyl groups excluding tert-OH is 1. The fourth-order valence-electron chi connectivity index (χ4n) is 2.01. The highest BCUT2D eigenvalue weighted by Gasteiger charge is 2.23. The Hall–Kier alpha value is -2.41. The van der Waals surface area contributed by atoms with E-state index in [4.69, 9.17) is 5.11 Å². The molecule has 0 aliphatic carbocycles. The zero-order valence-electron chi connectivity index (χ0n) is 11.3. The van der Waals surface area contributed by atoms with E-state index < -0.39 is 4.92 Å². The van der Waals surface area contributed by atoms with Crippen LogP contribution in [-0.4, -0.2) is 19.8 Å². The van der Waals surface area contributed by atoms with Crippen LogP contribution in [0, 0.1) is 17.0 Å². The molecule has 0 unspecified atom stereocenters. The van der Waals surface area contributed by atoms with Crippen molar-refractivity contribution in [3.63, 3.8) is 0 Å². The van der Waals surface area contributed by atoms with Gasteiger partial charge in [0.25, 0.3) is 0 Å². The monoisotopic (exact) mass is 276 g/mol. The van der Waals surface area contributed by atoms with Gasteiger partial charge in [-0.05, 0) is 18.1 Å². The van der Waals surface area contributed by atoms with Crippen molar-refractivity contribution in [2.45, 2.75) is 20.1 Å². The standard InChI is InChI=1S/C13H16N4O3/c1-9-12(17(19)20)13(16(2)15-9)14-7-10-3-5-11(8-18)6-4-10/h3-6,14,18H,7-8H2,1-2H3. The van der Waals surface area contributed by atoms with Gasteiger partial charge in [-0.15, -0.1) is 0 Å². The maximum atomic E-state index is 11.0. The van der Waals surface area contributed by atoms with Crippen molar-refractivity contribution in [2.75, 3.05) is 5.32 Å². The number of nitrogens with one attached hydrogen (secondary N) is 1. The van der Waals surface area contributed by atoms with Crippen molar-refractivity contribution in [3.05, 3.63) is 51.2 Å². The van der Waals surface area contributed by atoms with Crippen molar-refractivity contribution in [1.82, 2.24) is 9.78 Å². The van der Waals surface area contributed by atoms with Crippen molar-refractivity contribution in [2.24, 2.45) is 7.05 Å². The molecule has 2 aromatic rings. The second-order valence-electron chi connectivity index (χ2n) is 4.49. The molecule has 0 radical (unpaired) electrons. The first-order valence-corrected chi connectivity index (χ1v) is 6.13. The number of nitro groups is 1. The van der Waals surface area contributed by atoms with E-state index in [1.807, 2.05) is 24.3 Å². The van der Waals surface area contributed by atoms with Gasteiger partial charge in [0, 0.05) is 13.6 Å². The number of hydrogen-bond acceptors (Lipinski definition) is 5. The summed E-state index contributed by atoms with van der Waals surface area (Å²) in [5.41, 5.74) is 2.18. The first kappa shape index (κ1) is 14.0. The predicted molar refractivity (Wildman–Crippen MR) is 74.3 cm³/mol. The molecule has 7 heteroatoms. The summed E-state index contributed by atoms with van der Waals surface area (Å²) in [5.74, 6) is 0.388. The minimum Gasteiger partial charge on any atom is -0.392 e. The number of hydrogen-bond donors (Lipinski definition) is 2. The first-order chi connectivity index (χ1) is 9.52. The summed E-state index contributed by atoms with van der Waals surface area (Å²) in [5, 5.41) is 27.1. The SMILES string of the molecule is Cc1nn(C)c(NCc2ccc(CO)cc2)c1[N+](=O)[O-]. The number of aliphatic hydroxyl groups is 1. The van der Waals surface area contributed by atoms with Gasteiger partial charge in [0.05, 0.1) is 11.5 Å². The second-order valence-corrected chi connectivity index (χ2v) is 4.49. The quantitative estimate of drug-likeness (QED) is 0.641. The Kier molecular flexibility index (Phi) is 3.99. The molecule has 0 fully saturated rings. The van der Waals surface area contributed by atoms with Crippen LogP contribution in [0.5, 0.6) is 0 Å². The van der Waals surface area contributed by atoms with E-state index in [2.05, 4.69) is 10.4 Å². The summed E-state index contributed by atoms with van der Waals surface area (Å²) in [4.78, 5) is 10.6. The molecule has 0 bridgehead atoms. The van der Waals surface area contributed by atoms with Gasteiger partial charge in [-0.25, -0.2) is 4.68 Å². The molecule has 0 saturated carbocycles. The molecule has 0 saturated heterocycles. The van der Waals surface area contributed by atoms with Crippen molar-refractivity contribution in [1.29, 1.82) is 0 Å². The summed E-state index contributed by atoms with van der Waals surface area (Å²) in [6, 6.07) is 7.38. The molecule has 106 valence electrons. The Bertz CT molecular complexity index is 619. The summed E-state index contributed by atoms with van der Waals surface area (Å²) in [7, 11) is 1.66. The molecule has 7 nitrogen and oxygen atoms in total. The lowest BCUT2D eigenvalue weighted by molar-refractivity contribution is -0.384. The van der Waals surface area contributed by atoms with Crippen LogP contribution in [0.25, 0.3) is 0 Å². The number of aryl methyl sites for hydroxylation is 2. The highest BCUT2D eigenvalue weighted by molar-refractivity contribution is 5.59. The van der Waals surface area contributed by atoms with Crippen LogP contribution in [-0.2, 0) is 20.2 Å². The summed E-state index contributed by atoms with van der Waals surface area (Å²) in [6.45, 7) is 2.06. The average Bonchev–Trinajstić information content (AvgIpc) is 2.71. The minimum absolute atomic E-state index is 0.000105. The lowest BCUT2D eigenvalue weighted by Crippen LogP contribution is -2.06. The van der Waals surface area contributed by atoms with Gasteiger partial charge in [0.15, 0.2) is 0 Å². The number of anilines is 1. The topological polar surface area (TPSA) is 93.2 Å². The van der Waals surface area contributed by atoms with Gasteiger partial charge in [0.2, 0.25) is 5.82 Å². The third-order valence-electron chi connectivity index (χ3n) is 3.04. The van der Waals surface area contributed by atoms with Crippen LogP contribution >= 0.6 is 0 Å². The second kappa shape index (κ2) is 5.70. The van der Waals surface area contributed by atoms with Gasteiger partial charge in [0.1, 0.15) is 5.69 Å². The molecule has 2 rings (SSSR count). The van der Waals surface area contributed by atoms with Crippen LogP contribution in [0.15, 0.2) is 24.3 Å². The molecule has 0 aliphatic rings. The summed E-state index contributed by atoms with van der Waals surface area (Å²) >= 11 is 0. The van der Waals surface area contributed by atoms with Crippen LogP contribution < -0.4 is 5.32 Å². The number of benzene rings is 1. The average molecular weight is 276 g/mol. The van der Waals surface area contributed by atoms with E-state index in [0.29, 0.717) is 18.1 Å². The third kappa shape index (κ3) is 2.77. The Morgan fingerprint density at radius 3 is 2.50 bits per heavy atom. The van der Waals surface area contributed by atoms with E-state index >= 15 is 0 Å². The van der Waals surface area contributed by atoms with E-state index in [1.54, 1.807) is 14.0 Å². The zero-order chi connectivity index (χ0) is 14.7. The summed E-state index contributed by atoms with van der Waals surface area (Å²) in [6.07, 6.45) is 0. The van der Waals surface area contributed by atoms with Crippen LogP contribution in [0.2, 0.25) is 0 Å². The molecule has 0 spiro atoms. The lowest BCUT2D eigenvalue weighted by Gasteiger charge is -2.07. The van der Waals surface area contributed by atoms with Crippen LogP contribution in [0.1, 0.15) is 16.8 Å². The third-order valence-corrected chi connectivity index (χ3v) is 3.04. The lowest BCUT2D eigenvalue weighted by atomic mass is 10.1. The van der Waals surface area contributed by atoms with E-state index in [1.165, 1.54) is 4.68 Å². The molecule has 1 aromatic carbocycles. The Morgan fingerprint density at radius 1 is 1.35 bits per heavy atom. The van der Waals surface area contributed by atoms with E-state index in [-0.39, 0.29) is 12.3 Å². The summed E-state index contributed by atoms with van der Waals surface area (Å²) < 4.78 is 1.47. The molecule has 0 amide bonds. The highest BCUT2D eigenvalue weighted by Crippen LogP contribution is 2.27. The molecule has 0 aliphatic heterocycles. The number of nitrogens with zero attached hydrogens (tertiary/aromatic N) is 3. The van der Waals surface area contributed by atoms with Crippen molar-refractivity contribution in [3.8, 4) is 0 Å². The molecular formula is C13H16N4O3. The largest absolute Gasteiger partial charge is 0.392 e. The maximum absolute atomic E-state index is 11.0. The van der Waals surface area contributed by atoms with Crippen LogP contribution in [0.3, 0.4) is 0 Å². The van der Waals surface area contributed by atoms with E-state index in [0.717, 1.165) is 11.1 Å². The van der Waals surface area contributed by atoms with Crippen LogP contribution in [0.4, 0.5) is 11.5 Å². The van der Waals surface area contributed by atoms with Crippen molar-refractivity contribution < 1.29 is 10.0 Å². The Labute approximate surface area is 116 Å². The highest BCUT2D eigenvalue weighted by atomic mass is 16.6. The smallest absolute Gasteiger partial charge is 0.333 e. The Balaban J connectivity index is 2.16. The number of aromatic nitrogens is 2. The number of rotatable bonds is 5. The van der Waals surface area contributed by atoms with Gasteiger partial charge in [-0.1, -0.05) is 24.3 Å². The zero-order valence-corrected chi connectivity index (χ0v) is 11.3. The molecule has 1 aromatic heterocycles. The maximum Gasteiger partial charge on any atom is 0.333 e. The van der Waals surface area contributed by atoms with Gasteiger partial charge < -0.3 is 10.4 Å².